The zero-order valence-corrected chi connectivity index (χ0v) is 25.5. The van der Waals surface area contributed by atoms with Crippen molar-refractivity contribution < 1.29 is 13.5 Å². The van der Waals surface area contributed by atoms with Gasteiger partial charge in [-0.05, 0) is 66.9 Å². The average molecular weight is 646 g/mol. The van der Waals surface area contributed by atoms with Crippen LogP contribution < -0.4 is 15.8 Å². The predicted molar refractivity (Wildman–Crippen MR) is 175 cm³/mol. The molecule has 14 heteroatoms. The number of aromatic nitrogens is 7. The van der Waals surface area contributed by atoms with Gasteiger partial charge in [-0.3, -0.25) is 9.47 Å². The molecular formula is C34H29F2N11O. The van der Waals surface area contributed by atoms with Gasteiger partial charge >= 0.3 is 6.61 Å². The number of nitrogen functional groups attached to an aromatic ring is 1. The first kappa shape index (κ1) is 30.6. The molecule has 0 amide bonds. The molecule has 1 aliphatic heterocycles. The Balaban J connectivity index is 1.13. The van der Waals surface area contributed by atoms with Crippen LogP contribution in [0.5, 0.6) is 5.88 Å². The molecule has 240 valence electrons. The van der Waals surface area contributed by atoms with Gasteiger partial charge < -0.3 is 15.8 Å². The summed E-state index contributed by atoms with van der Waals surface area (Å²) in [5.41, 5.74) is 11.4. The number of benzene rings is 1. The van der Waals surface area contributed by atoms with Gasteiger partial charge in [0, 0.05) is 61.6 Å². The summed E-state index contributed by atoms with van der Waals surface area (Å²) in [7, 11) is 0. The number of hydrogen-bond donors (Lipinski definition) is 2. The van der Waals surface area contributed by atoms with Crippen LogP contribution in [0, 0.1) is 11.3 Å². The van der Waals surface area contributed by atoms with Gasteiger partial charge in [-0.2, -0.15) is 14.0 Å². The van der Waals surface area contributed by atoms with Crippen molar-refractivity contribution in [1.29, 1.82) is 5.26 Å². The van der Waals surface area contributed by atoms with Gasteiger partial charge in [0.2, 0.25) is 11.7 Å². The number of likely N-dealkylation sites (tertiary alicyclic amines) is 1. The van der Waals surface area contributed by atoms with Crippen LogP contribution in [-0.4, -0.2) is 65.1 Å². The van der Waals surface area contributed by atoms with E-state index in [0.29, 0.717) is 45.4 Å². The molecule has 0 atom stereocenters. The quantitative estimate of drug-likeness (QED) is 0.206. The van der Waals surface area contributed by atoms with Gasteiger partial charge in [0.15, 0.2) is 11.5 Å². The van der Waals surface area contributed by atoms with Crippen LogP contribution in [0.2, 0.25) is 0 Å². The Kier molecular flexibility index (Phi) is 8.50. The molecule has 1 aliphatic rings. The van der Waals surface area contributed by atoms with E-state index < -0.39 is 6.61 Å². The number of nitrogens with two attached hydrogens (primary N) is 1. The first-order chi connectivity index (χ1) is 23.4. The van der Waals surface area contributed by atoms with E-state index >= 15 is 0 Å². The highest BCUT2D eigenvalue weighted by Gasteiger charge is 2.21. The number of nitrogens with zero attached hydrogens (tertiary/aromatic N) is 9. The third-order valence-corrected chi connectivity index (χ3v) is 8.12. The van der Waals surface area contributed by atoms with Gasteiger partial charge in [-0.15, -0.1) is 0 Å². The van der Waals surface area contributed by atoms with Gasteiger partial charge in [-0.1, -0.05) is 12.1 Å². The highest BCUT2D eigenvalue weighted by Crippen LogP contribution is 2.32. The van der Waals surface area contributed by atoms with E-state index in [0.717, 1.165) is 43.7 Å². The fourth-order valence-electron chi connectivity index (χ4n) is 5.79. The molecule has 5 aromatic heterocycles. The van der Waals surface area contributed by atoms with Crippen LogP contribution in [0.25, 0.3) is 39.5 Å². The van der Waals surface area contributed by atoms with E-state index in [2.05, 4.69) is 47.0 Å². The maximum Gasteiger partial charge on any atom is 0.388 e. The number of piperidine rings is 1. The number of imidazole rings is 1. The van der Waals surface area contributed by atoms with E-state index in [1.54, 1.807) is 30.6 Å². The maximum atomic E-state index is 12.6. The van der Waals surface area contributed by atoms with Crippen LogP contribution in [0.3, 0.4) is 0 Å². The first-order valence-electron chi connectivity index (χ1n) is 15.3. The van der Waals surface area contributed by atoms with Gasteiger partial charge in [0.1, 0.15) is 23.2 Å². The molecule has 0 aliphatic carbocycles. The molecule has 12 nitrogen and oxygen atoms in total. The molecule has 0 saturated carbocycles. The molecule has 6 heterocycles. The van der Waals surface area contributed by atoms with E-state index in [4.69, 9.17) is 21.0 Å². The molecule has 3 N–H and O–H groups in total. The fraction of sp³-hybridized carbons (Fsp3) is 0.206. The third kappa shape index (κ3) is 6.58. The lowest BCUT2D eigenvalue weighted by atomic mass is 10.0. The molecule has 6 aromatic rings. The molecule has 1 saturated heterocycles. The summed E-state index contributed by atoms with van der Waals surface area (Å²) in [5, 5.41) is 12.5. The topological polar surface area (TPSA) is 157 Å². The second-order valence-corrected chi connectivity index (χ2v) is 11.2. The van der Waals surface area contributed by atoms with Crippen molar-refractivity contribution in [2.24, 2.45) is 0 Å². The number of halogens is 2. The predicted octanol–water partition coefficient (Wildman–Crippen LogP) is 5.47. The average Bonchev–Trinajstić information content (AvgIpc) is 3.48. The lowest BCUT2D eigenvalue weighted by Gasteiger charge is -2.32. The van der Waals surface area contributed by atoms with Gasteiger partial charge in [0.05, 0.1) is 11.3 Å². The number of nitrogens with one attached hydrogen (secondary N) is 1. The smallest absolute Gasteiger partial charge is 0.388 e. The highest BCUT2D eigenvalue weighted by atomic mass is 19.3. The van der Waals surface area contributed by atoms with Crippen LogP contribution in [0.1, 0.15) is 24.2 Å². The van der Waals surface area contributed by atoms with E-state index in [9.17, 15) is 8.78 Å². The zero-order valence-electron chi connectivity index (χ0n) is 25.5. The SMILES string of the molecule is N#Cc1nccc(NC2CCN(Cc3ccc(-n4c(-c5cccnc5N)nc5ccc(-c6ccc(OC(F)F)nc6)nc54)cc3)CC2)n1. The maximum absolute atomic E-state index is 12.6. The summed E-state index contributed by atoms with van der Waals surface area (Å²) in [5.74, 6) is 1.59. The van der Waals surface area contributed by atoms with Crippen LogP contribution >= 0.6 is 0 Å². The minimum Gasteiger partial charge on any atom is -0.417 e. The first-order valence-corrected chi connectivity index (χ1v) is 15.3. The Morgan fingerprint density at radius 3 is 2.50 bits per heavy atom. The van der Waals surface area contributed by atoms with Crippen molar-refractivity contribution in [2.75, 3.05) is 24.1 Å². The zero-order chi connectivity index (χ0) is 33.0. The van der Waals surface area contributed by atoms with Crippen molar-refractivity contribution >= 4 is 22.8 Å². The van der Waals surface area contributed by atoms with Crippen molar-refractivity contribution in [3.63, 3.8) is 0 Å². The minimum absolute atomic E-state index is 0.156. The van der Waals surface area contributed by atoms with Crippen molar-refractivity contribution in [1.82, 2.24) is 39.4 Å². The van der Waals surface area contributed by atoms with E-state index in [1.807, 2.05) is 41.0 Å². The Bertz CT molecular complexity index is 2090. The second kappa shape index (κ2) is 13.3. The highest BCUT2D eigenvalue weighted by molar-refractivity contribution is 5.84. The molecular weight excluding hydrogens is 616 g/mol. The van der Waals surface area contributed by atoms with E-state index in [1.165, 1.54) is 12.3 Å². The normalized spacial score (nSPS) is 13.9. The second-order valence-electron chi connectivity index (χ2n) is 11.2. The summed E-state index contributed by atoms with van der Waals surface area (Å²) >= 11 is 0. The van der Waals surface area contributed by atoms with Gasteiger partial charge in [-0.25, -0.2) is 29.9 Å². The lowest BCUT2D eigenvalue weighted by Crippen LogP contribution is -2.38. The molecule has 7 rings (SSSR count). The number of ether oxygens (including phenoxy) is 1. The van der Waals surface area contributed by atoms with E-state index in [-0.39, 0.29) is 17.7 Å². The Morgan fingerprint density at radius 2 is 1.77 bits per heavy atom. The monoisotopic (exact) mass is 645 g/mol. The summed E-state index contributed by atoms with van der Waals surface area (Å²) in [6, 6.07) is 22.7. The number of nitriles is 1. The molecule has 48 heavy (non-hydrogen) atoms. The van der Waals surface area contributed by atoms with Crippen molar-refractivity contribution in [3.05, 3.63) is 96.7 Å². The molecule has 0 spiro atoms. The Labute approximate surface area is 273 Å². The number of rotatable bonds is 9. The van der Waals surface area contributed by atoms with Crippen molar-refractivity contribution in [3.8, 4) is 40.3 Å². The van der Waals surface area contributed by atoms with Crippen molar-refractivity contribution in [2.45, 2.75) is 32.0 Å². The van der Waals surface area contributed by atoms with Crippen LogP contribution in [0.15, 0.2) is 85.3 Å². The third-order valence-electron chi connectivity index (χ3n) is 8.12. The Hall–Kier alpha value is -6.07. The molecule has 0 radical (unpaired) electrons. The number of hydrogen-bond acceptors (Lipinski definition) is 11. The summed E-state index contributed by atoms with van der Waals surface area (Å²) < 4.78 is 31.6. The number of pyridine rings is 3. The standard InChI is InChI=1S/C34H29F2N11O/c35-34(36)48-30-10-5-22(19-41-30)26-8-9-27-33(43-26)47(32(44-27)25-2-1-14-40-31(25)38)24-6-3-21(4-7-24)20-46-16-12-23(13-17-46)42-28-11-15-39-29(18-37)45-28/h1-11,14-15,19,23,34H,12-13,16-17,20H2,(H2,38,40)(H,39,42,45). The Morgan fingerprint density at radius 1 is 0.938 bits per heavy atom. The minimum atomic E-state index is -2.96. The van der Waals surface area contributed by atoms with Gasteiger partial charge in [0.25, 0.3) is 0 Å². The summed E-state index contributed by atoms with van der Waals surface area (Å²) in [6.45, 7) is -0.318. The molecule has 1 fully saturated rings. The largest absolute Gasteiger partial charge is 0.417 e. The number of anilines is 2. The summed E-state index contributed by atoms with van der Waals surface area (Å²) in [6.07, 6.45) is 6.57. The van der Waals surface area contributed by atoms with Crippen LogP contribution in [-0.2, 0) is 6.54 Å². The fourth-order valence-corrected chi connectivity index (χ4v) is 5.79. The number of fused-ring (bicyclic) bond motifs is 1. The molecule has 0 bridgehead atoms. The van der Waals surface area contributed by atoms with Crippen LogP contribution in [0.4, 0.5) is 20.4 Å². The molecule has 0 unspecified atom stereocenters. The lowest BCUT2D eigenvalue weighted by molar-refractivity contribution is -0.0528. The molecule has 1 aromatic carbocycles. The summed E-state index contributed by atoms with van der Waals surface area (Å²) in [4.78, 5) is 28.7. The number of alkyl halides is 2.